The molecule has 8 N–H and O–H groups in total. The lowest BCUT2D eigenvalue weighted by molar-refractivity contribution is 0.0945. The van der Waals surface area contributed by atoms with Gasteiger partial charge in [0.2, 0.25) is 0 Å². The molecule has 0 aliphatic heterocycles. The summed E-state index contributed by atoms with van der Waals surface area (Å²) in [6.07, 6.45) is -2.33. The first-order valence-corrected chi connectivity index (χ1v) is 16.7. The van der Waals surface area contributed by atoms with E-state index in [-0.39, 0.29) is 28.0 Å². The molecule has 2 aromatic heterocycles. The maximum absolute atomic E-state index is 13.8. The van der Waals surface area contributed by atoms with Crippen LogP contribution in [0.15, 0.2) is 115 Å². The van der Waals surface area contributed by atoms with Crippen LogP contribution in [0.5, 0.6) is 23.0 Å². The van der Waals surface area contributed by atoms with Crippen molar-refractivity contribution < 1.29 is 48.3 Å². The van der Waals surface area contributed by atoms with Crippen molar-refractivity contribution in [2.45, 2.75) is 12.2 Å². The highest BCUT2D eigenvalue weighted by Crippen LogP contribution is 2.31. The molecule has 282 valence electrons. The molecule has 2 amide bonds. The monoisotopic (exact) mass is 770 g/mol. The topological polar surface area (TPSA) is 211 Å². The first-order valence-electron chi connectivity index (χ1n) is 16.3. The van der Waals surface area contributed by atoms with Crippen LogP contribution in [0.2, 0.25) is 5.02 Å². The molecule has 6 aromatic rings. The average molecular weight is 771 g/mol. The van der Waals surface area contributed by atoms with Crippen molar-refractivity contribution >= 4 is 23.4 Å². The number of aliphatic hydroxyl groups is 4. The largest absolute Gasteiger partial charge is 0.457 e. The van der Waals surface area contributed by atoms with Crippen molar-refractivity contribution in [2.75, 3.05) is 13.2 Å². The molecule has 0 fully saturated rings. The Morgan fingerprint density at radius 3 is 1.69 bits per heavy atom. The van der Waals surface area contributed by atoms with Gasteiger partial charge in [-0.1, -0.05) is 23.7 Å². The van der Waals surface area contributed by atoms with E-state index in [4.69, 9.17) is 37.6 Å². The number of benzene rings is 4. The van der Waals surface area contributed by atoms with Crippen molar-refractivity contribution in [3.63, 3.8) is 0 Å². The molecule has 0 radical (unpaired) electrons. The van der Waals surface area contributed by atoms with E-state index in [9.17, 15) is 33.7 Å². The molecular weight excluding hydrogens is 738 g/mol. The number of pyridine rings is 2. The van der Waals surface area contributed by atoms with Gasteiger partial charge >= 0.3 is 0 Å². The third kappa shape index (κ3) is 10.7. The SMILES string of the molecule is NC(=O)c1cc([C@@H](O)CO)cc(-c2ccc(Oc3ccc(Cl)cc3F)cc2)n1.NC(=O)c1cc([C@@H](O)CO)cc(-c2cccc(Oc3ccc(F)cc3)c2)n1. The molecule has 0 bridgehead atoms. The number of carbonyl (C=O) groups excluding carboxylic acids is 2. The van der Waals surface area contributed by atoms with Crippen LogP contribution in [-0.2, 0) is 0 Å². The van der Waals surface area contributed by atoms with Gasteiger partial charge in [0.05, 0.1) is 24.6 Å². The molecular formula is C40H33ClF2N4O8. The molecule has 0 saturated heterocycles. The zero-order valence-electron chi connectivity index (χ0n) is 28.6. The third-order valence-corrected chi connectivity index (χ3v) is 8.00. The number of carbonyl (C=O) groups is 2. The maximum atomic E-state index is 13.8. The fraction of sp³-hybridized carbons (Fsp3) is 0.100. The highest BCUT2D eigenvalue weighted by molar-refractivity contribution is 6.30. The molecule has 2 heterocycles. The Hall–Kier alpha value is -6.29. The molecule has 0 aliphatic carbocycles. The van der Waals surface area contributed by atoms with E-state index < -0.39 is 43.1 Å². The molecule has 0 saturated carbocycles. The van der Waals surface area contributed by atoms with Crippen LogP contribution in [0.4, 0.5) is 8.78 Å². The summed E-state index contributed by atoms with van der Waals surface area (Å²) in [5.74, 6) is -1.11. The smallest absolute Gasteiger partial charge is 0.267 e. The van der Waals surface area contributed by atoms with Crippen LogP contribution in [0.25, 0.3) is 22.5 Å². The first kappa shape index (κ1) is 39.9. The second kappa shape index (κ2) is 18.2. The number of primary amides is 2. The van der Waals surface area contributed by atoms with E-state index in [0.717, 1.165) is 6.07 Å². The molecule has 0 aliphatic rings. The van der Waals surface area contributed by atoms with Crippen LogP contribution in [-0.4, -0.2) is 55.4 Å². The van der Waals surface area contributed by atoms with Crippen LogP contribution in [0, 0.1) is 11.6 Å². The Morgan fingerprint density at radius 2 is 1.16 bits per heavy atom. The van der Waals surface area contributed by atoms with Crippen LogP contribution < -0.4 is 20.9 Å². The Bertz CT molecular complexity index is 2300. The quantitative estimate of drug-likeness (QED) is 0.0822. The molecule has 4 aromatic carbocycles. The number of hydrogen-bond donors (Lipinski definition) is 6. The van der Waals surface area contributed by atoms with Gasteiger partial charge in [-0.15, -0.1) is 0 Å². The number of aliphatic hydroxyl groups excluding tert-OH is 4. The van der Waals surface area contributed by atoms with E-state index in [1.54, 1.807) is 60.7 Å². The highest BCUT2D eigenvalue weighted by atomic mass is 35.5. The normalized spacial score (nSPS) is 11.8. The minimum Gasteiger partial charge on any atom is -0.457 e. The lowest BCUT2D eigenvalue weighted by Crippen LogP contribution is -2.15. The van der Waals surface area contributed by atoms with Crippen molar-refractivity contribution in [1.29, 1.82) is 0 Å². The van der Waals surface area contributed by atoms with Gasteiger partial charge < -0.3 is 41.4 Å². The summed E-state index contributed by atoms with van der Waals surface area (Å²) in [5, 5.41) is 38.4. The van der Waals surface area contributed by atoms with Gasteiger partial charge in [0, 0.05) is 16.1 Å². The van der Waals surface area contributed by atoms with Gasteiger partial charge in [-0.2, -0.15) is 0 Å². The fourth-order valence-corrected chi connectivity index (χ4v) is 5.14. The summed E-state index contributed by atoms with van der Waals surface area (Å²) < 4.78 is 38.0. The maximum Gasteiger partial charge on any atom is 0.267 e. The van der Waals surface area contributed by atoms with Crippen LogP contribution in [0.3, 0.4) is 0 Å². The summed E-state index contributed by atoms with van der Waals surface area (Å²) >= 11 is 5.72. The Balaban J connectivity index is 0.000000211. The molecule has 55 heavy (non-hydrogen) atoms. The zero-order chi connectivity index (χ0) is 39.6. The molecule has 2 atom stereocenters. The number of nitrogens with two attached hydrogens (primary N) is 2. The number of nitrogens with zero attached hydrogens (tertiary/aromatic N) is 2. The minimum atomic E-state index is -1.17. The van der Waals surface area contributed by atoms with Crippen molar-refractivity contribution in [3.05, 3.63) is 154 Å². The number of hydrogen-bond acceptors (Lipinski definition) is 10. The highest BCUT2D eigenvalue weighted by Gasteiger charge is 2.16. The number of amides is 2. The van der Waals surface area contributed by atoms with Crippen molar-refractivity contribution in [3.8, 4) is 45.5 Å². The Morgan fingerprint density at radius 1 is 0.636 bits per heavy atom. The van der Waals surface area contributed by atoms with Gasteiger partial charge in [-0.25, -0.2) is 18.7 Å². The van der Waals surface area contributed by atoms with Crippen LogP contribution in [0.1, 0.15) is 44.3 Å². The van der Waals surface area contributed by atoms with E-state index in [1.165, 1.54) is 48.5 Å². The zero-order valence-corrected chi connectivity index (χ0v) is 29.4. The summed E-state index contributed by atoms with van der Waals surface area (Å²) in [4.78, 5) is 31.4. The lowest BCUT2D eigenvalue weighted by atomic mass is 10.0. The van der Waals surface area contributed by atoms with Gasteiger partial charge in [0.1, 0.15) is 46.7 Å². The summed E-state index contributed by atoms with van der Waals surface area (Å²) in [6.45, 7) is -1.02. The molecule has 15 heteroatoms. The Kier molecular flexibility index (Phi) is 13.2. The van der Waals surface area contributed by atoms with Gasteiger partial charge in [-0.3, -0.25) is 9.59 Å². The number of rotatable bonds is 12. The van der Waals surface area contributed by atoms with E-state index in [1.807, 2.05) is 0 Å². The second-order valence-electron chi connectivity index (χ2n) is 11.8. The van der Waals surface area contributed by atoms with Gasteiger partial charge in [-0.05, 0) is 114 Å². The fourth-order valence-electron chi connectivity index (χ4n) is 4.98. The summed E-state index contributed by atoms with van der Waals surface area (Å²) in [7, 11) is 0. The molecule has 0 unspecified atom stereocenters. The van der Waals surface area contributed by atoms with Gasteiger partial charge in [0.15, 0.2) is 11.6 Å². The molecule has 0 spiro atoms. The number of halogens is 3. The average Bonchev–Trinajstić information content (AvgIpc) is 3.19. The Labute approximate surface area is 317 Å². The lowest BCUT2D eigenvalue weighted by Gasteiger charge is -2.12. The number of aromatic nitrogens is 2. The van der Waals surface area contributed by atoms with Gasteiger partial charge in [0.25, 0.3) is 11.8 Å². The third-order valence-electron chi connectivity index (χ3n) is 7.77. The van der Waals surface area contributed by atoms with Crippen LogP contribution >= 0.6 is 11.6 Å². The van der Waals surface area contributed by atoms with E-state index >= 15 is 0 Å². The van der Waals surface area contributed by atoms with E-state index in [0.29, 0.717) is 50.9 Å². The molecule has 6 rings (SSSR count). The van der Waals surface area contributed by atoms with Crippen molar-refractivity contribution in [1.82, 2.24) is 9.97 Å². The first-order chi connectivity index (χ1) is 26.3. The summed E-state index contributed by atoms with van der Waals surface area (Å²) in [5.41, 5.74) is 13.2. The number of ether oxygens (including phenoxy) is 2. The standard InChI is InChI=1S/C20H16ClFN2O4.C20H17FN2O4/c21-13-3-6-19(15(22)9-13)28-14-4-1-11(2-5-14)16-7-12(18(26)10-25)8-17(24-16)20(23)27;21-14-4-6-15(7-5-14)27-16-3-1-2-12(8-16)17-9-13(19(25)11-24)10-18(23-17)20(22)26/h1-9,18,25-26H,10H2,(H2,23,27);1-10,19,24-25H,11H2,(H2,22,26)/t18-;19-/m00/s1. The second-order valence-corrected chi connectivity index (χ2v) is 12.2. The predicted molar refractivity (Wildman–Crippen MR) is 198 cm³/mol. The molecule has 12 nitrogen and oxygen atoms in total. The van der Waals surface area contributed by atoms with Crippen molar-refractivity contribution in [2.24, 2.45) is 11.5 Å². The van der Waals surface area contributed by atoms with E-state index in [2.05, 4.69) is 9.97 Å². The minimum absolute atomic E-state index is 0.0272. The summed E-state index contributed by atoms with van der Waals surface area (Å²) in [6, 6.07) is 28.9. The predicted octanol–water partition coefficient (Wildman–Crippen LogP) is 6.26.